The van der Waals surface area contributed by atoms with Gasteiger partial charge in [0.05, 0.1) is 16.8 Å². The maximum absolute atomic E-state index is 12.1. The molecule has 5 nitrogen and oxygen atoms in total. The van der Waals surface area contributed by atoms with Gasteiger partial charge in [-0.1, -0.05) is 0 Å². The molecule has 0 aliphatic rings. The van der Waals surface area contributed by atoms with Crippen LogP contribution in [0.5, 0.6) is 17.4 Å². The minimum Gasteiger partial charge on any atom is -0.437 e. The topological polar surface area (TPSA) is 64.5 Å². The highest BCUT2D eigenvalue weighted by Gasteiger charge is 2.32. The number of hydrogen-bond acceptors (Lipinski definition) is 5. The Morgan fingerprint density at radius 1 is 1.14 bits per heavy atom. The third-order valence-corrected chi connectivity index (χ3v) is 2.83. The molecular formula is C12H8BrF3N2O3. The fourth-order valence-electron chi connectivity index (χ4n) is 1.36. The zero-order chi connectivity index (χ0) is 15.5. The van der Waals surface area contributed by atoms with E-state index in [2.05, 4.69) is 30.9 Å². The van der Waals surface area contributed by atoms with E-state index in [1.165, 1.54) is 24.3 Å². The van der Waals surface area contributed by atoms with E-state index in [0.29, 0.717) is 5.69 Å². The van der Waals surface area contributed by atoms with Crippen LogP contribution in [-0.2, 0) is 6.61 Å². The fourth-order valence-corrected chi connectivity index (χ4v) is 1.80. The van der Waals surface area contributed by atoms with E-state index in [1.54, 1.807) is 0 Å². The third-order valence-electron chi connectivity index (χ3n) is 2.21. The molecule has 2 rings (SSSR count). The van der Waals surface area contributed by atoms with Gasteiger partial charge < -0.3 is 14.6 Å². The summed E-state index contributed by atoms with van der Waals surface area (Å²) in [5.74, 6) is 0.0163. The number of rotatable bonds is 4. The molecule has 0 radical (unpaired) electrons. The van der Waals surface area contributed by atoms with Crippen molar-refractivity contribution in [2.24, 2.45) is 0 Å². The van der Waals surface area contributed by atoms with Crippen LogP contribution in [0, 0.1) is 0 Å². The van der Waals surface area contributed by atoms with Gasteiger partial charge in [-0.25, -0.2) is 0 Å². The van der Waals surface area contributed by atoms with Gasteiger partial charge in [-0.3, -0.25) is 0 Å². The first kappa shape index (κ1) is 15.5. The summed E-state index contributed by atoms with van der Waals surface area (Å²) in [5.41, 5.74) is 0.373. The number of alkyl halides is 3. The van der Waals surface area contributed by atoms with Crippen molar-refractivity contribution in [3.8, 4) is 17.4 Å². The first-order valence-electron chi connectivity index (χ1n) is 5.54. The second kappa shape index (κ2) is 6.27. The number of hydrogen-bond donors (Lipinski definition) is 1. The van der Waals surface area contributed by atoms with E-state index in [4.69, 9.17) is 9.84 Å². The smallest absolute Gasteiger partial charge is 0.437 e. The molecule has 1 N–H and O–H groups in total. The van der Waals surface area contributed by atoms with Crippen LogP contribution in [0.1, 0.15) is 5.69 Å². The normalized spacial score (nSPS) is 11.3. The summed E-state index contributed by atoms with van der Waals surface area (Å²) < 4.78 is 45.6. The average Bonchev–Trinajstić information content (AvgIpc) is 2.41. The molecule has 0 spiro atoms. The Labute approximate surface area is 125 Å². The van der Waals surface area contributed by atoms with Gasteiger partial charge in [0.2, 0.25) is 5.88 Å². The van der Waals surface area contributed by atoms with E-state index in [-0.39, 0.29) is 28.5 Å². The van der Waals surface area contributed by atoms with E-state index >= 15 is 0 Å². The second-order valence-electron chi connectivity index (χ2n) is 3.76. The van der Waals surface area contributed by atoms with E-state index in [1.807, 2.05) is 0 Å². The van der Waals surface area contributed by atoms with Gasteiger partial charge in [-0.15, -0.1) is 23.4 Å². The molecule has 21 heavy (non-hydrogen) atoms. The van der Waals surface area contributed by atoms with Crippen molar-refractivity contribution >= 4 is 15.9 Å². The Hall–Kier alpha value is -1.87. The molecule has 1 heterocycles. The summed E-state index contributed by atoms with van der Waals surface area (Å²) in [7, 11) is 0. The van der Waals surface area contributed by atoms with Crippen LogP contribution in [0.3, 0.4) is 0 Å². The lowest BCUT2D eigenvalue weighted by Gasteiger charge is -2.11. The van der Waals surface area contributed by atoms with Crippen molar-refractivity contribution in [1.82, 2.24) is 10.2 Å². The highest BCUT2D eigenvalue weighted by atomic mass is 79.9. The lowest BCUT2D eigenvalue weighted by atomic mass is 10.3. The van der Waals surface area contributed by atoms with Crippen molar-refractivity contribution in [2.45, 2.75) is 13.0 Å². The number of aromatic nitrogens is 2. The standard InChI is InChI=1S/C12H8BrF3N2O3/c13-9-5-8(2-3-10(9)21-12(14,15)16)20-11-4-1-7(6-19)17-18-11/h1-5,19H,6H2. The first-order chi connectivity index (χ1) is 9.87. The van der Waals surface area contributed by atoms with Gasteiger partial charge in [0, 0.05) is 6.07 Å². The summed E-state index contributed by atoms with van der Waals surface area (Å²) in [6, 6.07) is 6.71. The largest absolute Gasteiger partial charge is 0.573 e. The number of benzene rings is 1. The minimum atomic E-state index is -4.77. The Balaban J connectivity index is 2.12. The number of aliphatic hydroxyl groups is 1. The van der Waals surface area contributed by atoms with E-state index in [0.717, 1.165) is 6.07 Å². The lowest BCUT2D eigenvalue weighted by molar-refractivity contribution is -0.274. The zero-order valence-corrected chi connectivity index (χ0v) is 11.8. The molecule has 0 fully saturated rings. The quantitative estimate of drug-likeness (QED) is 0.900. The van der Waals surface area contributed by atoms with Gasteiger partial charge in [0.1, 0.15) is 11.5 Å². The van der Waals surface area contributed by atoms with Crippen LogP contribution in [0.25, 0.3) is 0 Å². The van der Waals surface area contributed by atoms with E-state index < -0.39 is 6.36 Å². The Morgan fingerprint density at radius 3 is 2.43 bits per heavy atom. The Morgan fingerprint density at radius 2 is 1.90 bits per heavy atom. The van der Waals surface area contributed by atoms with Crippen molar-refractivity contribution in [3.63, 3.8) is 0 Å². The molecule has 2 aromatic rings. The summed E-state index contributed by atoms with van der Waals surface area (Å²) >= 11 is 2.96. The van der Waals surface area contributed by atoms with Crippen molar-refractivity contribution < 1.29 is 27.8 Å². The molecule has 0 amide bonds. The average molecular weight is 365 g/mol. The van der Waals surface area contributed by atoms with Gasteiger partial charge in [0.25, 0.3) is 0 Å². The van der Waals surface area contributed by atoms with Crippen molar-refractivity contribution in [2.75, 3.05) is 0 Å². The number of nitrogens with zero attached hydrogens (tertiary/aromatic N) is 2. The molecule has 0 saturated carbocycles. The van der Waals surface area contributed by atoms with Crippen LogP contribution in [0.2, 0.25) is 0 Å². The summed E-state index contributed by atoms with van der Waals surface area (Å²) in [5, 5.41) is 16.2. The SMILES string of the molecule is OCc1ccc(Oc2ccc(OC(F)(F)F)c(Br)c2)nn1. The molecule has 0 unspecified atom stereocenters. The van der Waals surface area contributed by atoms with Crippen molar-refractivity contribution in [1.29, 1.82) is 0 Å². The van der Waals surface area contributed by atoms with E-state index in [9.17, 15) is 13.2 Å². The summed E-state index contributed by atoms with van der Waals surface area (Å²) in [4.78, 5) is 0. The van der Waals surface area contributed by atoms with Gasteiger partial charge in [-0.05, 0) is 40.2 Å². The molecule has 0 aliphatic heterocycles. The molecule has 1 aromatic carbocycles. The predicted octanol–water partition coefficient (Wildman–Crippen LogP) is 3.42. The summed E-state index contributed by atoms with van der Waals surface area (Å²) in [6.07, 6.45) is -4.77. The van der Waals surface area contributed by atoms with Crippen LogP contribution in [0.4, 0.5) is 13.2 Å². The summed E-state index contributed by atoms with van der Waals surface area (Å²) in [6.45, 7) is -0.248. The monoisotopic (exact) mass is 364 g/mol. The highest BCUT2D eigenvalue weighted by Crippen LogP contribution is 2.34. The van der Waals surface area contributed by atoms with Crippen LogP contribution < -0.4 is 9.47 Å². The Bertz CT molecular complexity index is 620. The third kappa shape index (κ3) is 4.57. The molecule has 0 aliphatic carbocycles. The maximum Gasteiger partial charge on any atom is 0.573 e. The van der Waals surface area contributed by atoms with Gasteiger partial charge in [-0.2, -0.15) is 0 Å². The number of ether oxygens (including phenoxy) is 2. The maximum atomic E-state index is 12.1. The molecule has 9 heteroatoms. The van der Waals surface area contributed by atoms with Crippen LogP contribution >= 0.6 is 15.9 Å². The molecular weight excluding hydrogens is 357 g/mol. The van der Waals surface area contributed by atoms with Crippen molar-refractivity contribution in [3.05, 3.63) is 40.5 Å². The molecule has 0 atom stereocenters. The molecule has 112 valence electrons. The molecule has 0 bridgehead atoms. The molecule has 1 aromatic heterocycles. The minimum absolute atomic E-state index is 0.0808. The van der Waals surface area contributed by atoms with Crippen LogP contribution in [0.15, 0.2) is 34.8 Å². The zero-order valence-electron chi connectivity index (χ0n) is 10.3. The van der Waals surface area contributed by atoms with Gasteiger partial charge >= 0.3 is 6.36 Å². The Kier molecular flexibility index (Phi) is 4.63. The fraction of sp³-hybridized carbons (Fsp3) is 0.167. The number of aliphatic hydroxyl groups excluding tert-OH is 1. The molecule has 0 saturated heterocycles. The number of halogens is 4. The highest BCUT2D eigenvalue weighted by molar-refractivity contribution is 9.10. The van der Waals surface area contributed by atoms with Gasteiger partial charge in [0.15, 0.2) is 0 Å². The lowest BCUT2D eigenvalue weighted by Crippen LogP contribution is -2.17. The second-order valence-corrected chi connectivity index (χ2v) is 4.62. The predicted molar refractivity (Wildman–Crippen MR) is 68.9 cm³/mol. The van der Waals surface area contributed by atoms with Crippen LogP contribution in [-0.4, -0.2) is 21.7 Å². The first-order valence-corrected chi connectivity index (χ1v) is 6.33.